The van der Waals surface area contributed by atoms with Crippen LogP contribution in [-0.4, -0.2) is 22.2 Å². The summed E-state index contributed by atoms with van der Waals surface area (Å²) in [6, 6.07) is 2.72. The number of carbonyl (C=O) groups is 2. The van der Waals surface area contributed by atoms with E-state index in [1.807, 2.05) is 13.8 Å². The van der Waals surface area contributed by atoms with Gasteiger partial charge in [-0.05, 0) is 36.1 Å². The summed E-state index contributed by atoms with van der Waals surface area (Å²) in [5.41, 5.74) is 1.48. The minimum atomic E-state index is -1.11. The number of carboxylic acid groups (broad SMARTS) is 2. The maximum Gasteiger partial charge on any atom is 0.336 e. The van der Waals surface area contributed by atoms with Gasteiger partial charge in [0.05, 0.1) is 11.1 Å². The van der Waals surface area contributed by atoms with Crippen LogP contribution in [0.3, 0.4) is 0 Å². The van der Waals surface area contributed by atoms with Crippen molar-refractivity contribution in [2.45, 2.75) is 26.7 Å². The molecule has 0 aliphatic carbocycles. The summed E-state index contributed by atoms with van der Waals surface area (Å²) in [5, 5.41) is 17.9. The molecule has 16 heavy (non-hydrogen) atoms. The Labute approximate surface area is 93.5 Å². The summed E-state index contributed by atoms with van der Waals surface area (Å²) in [5.74, 6) is -2.15. The highest BCUT2D eigenvalue weighted by molar-refractivity contribution is 5.95. The first-order valence-corrected chi connectivity index (χ1v) is 4.95. The van der Waals surface area contributed by atoms with E-state index in [1.165, 1.54) is 12.1 Å². The molecule has 0 amide bonds. The predicted molar refractivity (Wildman–Crippen MR) is 59.2 cm³/mol. The fourth-order valence-corrected chi connectivity index (χ4v) is 1.87. The molecule has 0 aliphatic heterocycles. The zero-order chi connectivity index (χ0) is 12.5. The van der Waals surface area contributed by atoms with Crippen LogP contribution in [0, 0.1) is 6.92 Å². The number of hydrogen-bond donors (Lipinski definition) is 2. The number of aryl methyl sites for hydroxylation is 1. The van der Waals surface area contributed by atoms with Crippen molar-refractivity contribution in [2.24, 2.45) is 0 Å². The van der Waals surface area contributed by atoms with Crippen LogP contribution >= 0.6 is 0 Å². The largest absolute Gasteiger partial charge is 0.478 e. The SMILES string of the molecule is Cc1cc(C(=O)O)cc(C(=O)O)c1C(C)C. The van der Waals surface area contributed by atoms with Crippen molar-refractivity contribution >= 4 is 11.9 Å². The van der Waals surface area contributed by atoms with Crippen LogP contribution < -0.4 is 0 Å². The van der Waals surface area contributed by atoms with Crippen molar-refractivity contribution < 1.29 is 19.8 Å². The molecule has 0 unspecified atom stereocenters. The molecule has 4 nitrogen and oxygen atoms in total. The van der Waals surface area contributed by atoms with Gasteiger partial charge in [-0.25, -0.2) is 9.59 Å². The quantitative estimate of drug-likeness (QED) is 0.824. The summed E-state index contributed by atoms with van der Waals surface area (Å²) in [4.78, 5) is 21.9. The Hall–Kier alpha value is -1.84. The van der Waals surface area contributed by atoms with Gasteiger partial charge in [0, 0.05) is 0 Å². The molecule has 0 heterocycles. The Morgan fingerprint density at radius 1 is 1.12 bits per heavy atom. The van der Waals surface area contributed by atoms with E-state index in [-0.39, 0.29) is 17.0 Å². The molecule has 0 aromatic heterocycles. The Bertz CT molecular complexity index is 447. The van der Waals surface area contributed by atoms with E-state index in [0.29, 0.717) is 11.1 Å². The van der Waals surface area contributed by atoms with Gasteiger partial charge in [0.2, 0.25) is 0 Å². The van der Waals surface area contributed by atoms with Crippen molar-refractivity contribution in [3.05, 3.63) is 34.4 Å². The summed E-state index contributed by atoms with van der Waals surface area (Å²) < 4.78 is 0. The second kappa shape index (κ2) is 4.35. The smallest absolute Gasteiger partial charge is 0.336 e. The number of aromatic carboxylic acids is 2. The first-order chi connectivity index (χ1) is 7.34. The van der Waals surface area contributed by atoms with E-state index in [2.05, 4.69) is 0 Å². The highest BCUT2D eigenvalue weighted by Crippen LogP contribution is 2.25. The Kier molecular flexibility index (Phi) is 3.32. The lowest BCUT2D eigenvalue weighted by Gasteiger charge is -2.14. The first-order valence-electron chi connectivity index (χ1n) is 4.95. The van der Waals surface area contributed by atoms with E-state index in [9.17, 15) is 9.59 Å². The van der Waals surface area contributed by atoms with Gasteiger partial charge in [-0.3, -0.25) is 0 Å². The molecule has 0 fully saturated rings. The Balaban J connectivity index is 3.52. The standard InChI is InChI=1S/C12H14O4/c1-6(2)10-7(3)4-8(11(13)14)5-9(10)12(15)16/h4-6H,1-3H3,(H,13,14)(H,15,16). The van der Waals surface area contributed by atoms with Gasteiger partial charge in [0.25, 0.3) is 0 Å². The second-order valence-corrected chi connectivity index (χ2v) is 4.02. The van der Waals surface area contributed by atoms with Gasteiger partial charge < -0.3 is 10.2 Å². The van der Waals surface area contributed by atoms with Gasteiger partial charge in [-0.1, -0.05) is 13.8 Å². The third-order valence-corrected chi connectivity index (χ3v) is 2.44. The normalized spacial score (nSPS) is 10.5. The monoisotopic (exact) mass is 222 g/mol. The van der Waals surface area contributed by atoms with Crippen LogP contribution in [0.1, 0.15) is 51.6 Å². The summed E-state index contributed by atoms with van der Waals surface area (Å²) in [6.45, 7) is 5.50. The van der Waals surface area contributed by atoms with E-state index in [0.717, 1.165) is 0 Å². The maximum absolute atomic E-state index is 11.1. The second-order valence-electron chi connectivity index (χ2n) is 4.02. The van der Waals surface area contributed by atoms with Crippen LogP contribution in [0.2, 0.25) is 0 Å². The van der Waals surface area contributed by atoms with E-state index in [4.69, 9.17) is 10.2 Å². The average Bonchev–Trinajstić information content (AvgIpc) is 2.15. The third-order valence-electron chi connectivity index (χ3n) is 2.44. The molecule has 1 aromatic carbocycles. The van der Waals surface area contributed by atoms with Crippen LogP contribution in [0.15, 0.2) is 12.1 Å². The lowest BCUT2D eigenvalue weighted by atomic mass is 9.90. The minimum absolute atomic E-state index is 0.0132. The molecular formula is C12H14O4. The molecule has 0 bridgehead atoms. The molecule has 86 valence electrons. The predicted octanol–water partition coefficient (Wildman–Crippen LogP) is 2.51. The van der Waals surface area contributed by atoms with Gasteiger partial charge in [-0.2, -0.15) is 0 Å². The van der Waals surface area contributed by atoms with Crippen molar-refractivity contribution in [3.8, 4) is 0 Å². The summed E-state index contributed by atoms with van der Waals surface area (Å²) >= 11 is 0. The number of hydrogen-bond acceptors (Lipinski definition) is 2. The number of carboxylic acids is 2. The molecule has 2 N–H and O–H groups in total. The van der Waals surface area contributed by atoms with Gasteiger partial charge >= 0.3 is 11.9 Å². The van der Waals surface area contributed by atoms with E-state index >= 15 is 0 Å². The van der Waals surface area contributed by atoms with Crippen LogP contribution in [0.5, 0.6) is 0 Å². The van der Waals surface area contributed by atoms with Crippen molar-refractivity contribution in [3.63, 3.8) is 0 Å². The molecule has 1 rings (SSSR count). The highest BCUT2D eigenvalue weighted by Gasteiger charge is 2.18. The zero-order valence-corrected chi connectivity index (χ0v) is 9.44. The molecule has 0 spiro atoms. The van der Waals surface area contributed by atoms with Crippen LogP contribution in [0.4, 0.5) is 0 Å². The number of benzene rings is 1. The van der Waals surface area contributed by atoms with E-state index in [1.54, 1.807) is 6.92 Å². The first kappa shape index (κ1) is 12.2. The lowest BCUT2D eigenvalue weighted by Crippen LogP contribution is -2.09. The zero-order valence-electron chi connectivity index (χ0n) is 9.44. The fourth-order valence-electron chi connectivity index (χ4n) is 1.87. The van der Waals surface area contributed by atoms with E-state index < -0.39 is 11.9 Å². The van der Waals surface area contributed by atoms with Crippen LogP contribution in [-0.2, 0) is 0 Å². The molecule has 0 radical (unpaired) electrons. The minimum Gasteiger partial charge on any atom is -0.478 e. The lowest BCUT2D eigenvalue weighted by molar-refractivity contribution is 0.0695. The van der Waals surface area contributed by atoms with Crippen LogP contribution in [0.25, 0.3) is 0 Å². The third kappa shape index (κ3) is 2.21. The average molecular weight is 222 g/mol. The summed E-state index contributed by atoms with van der Waals surface area (Å²) in [6.07, 6.45) is 0. The van der Waals surface area contributed by atoms with Crippen molar-refractivity contribution in [1.82, 2.24) is 0 Å². The number of rotatable bonds is 3. The Morgan fingerprint density at radius 3 is 2.06 bits per heavy atom. The van der Waals surface area contributed by atoms with Gasteiger partial charge in [-0.15, -0.1) is 0 Å². The van der Waals surface area contributed by atoms with Gasteiger partial charge in [0.1, 0.15) is 0 Å². The summed E-state index contributed by atoms with van der Waals surface area (Å²) in [7, 11) is 0. The molecule has 0 aliphatic rings. The fraction of sp³-hybridized carbons (Fsp3) is 0.333. The van der Waals surface area contributed by atoms with Gasteiger partial charge in [0.15, 0.2) is 0 Å². The molecule has 1 aromatic rings. The maximum atomic E-state index is 11.1. The molecule has 0 atom stereocenters. The van der Waals surface area contributed by atoms with Crippen molar-refractivity contribution in [1.29, 1.82) is 0 Å². The molecular weight excluding hydrogens is 208 g/mol. The highest BCUT2D eigenvalue weighted by atomic mass is 16.4. The molecule has 0 saturated carbocycles. The molecule has 4 heteroatoms. The van der Waals surface area contributed by atoms with Crippen molar-refractivity contribution in [2.75, 3.05) is 0 Å². The topological polar surface area (TPSA) is 74.6 Å². The Morgan fingerprint density at radius 2 is 1.69 bits per heavy atom. The molecule has 0 saturated heterocycles.